The lowest BCUT2D eigenvalue weighted by Gasteiger charge is -2.35. The Hall–Kier alpha value is -1.65. The quantitative estimate of drug-likeness (QED) is 0.881. The van der Waals surface area contributed by atoms with Gasteiger partial charge in [-0.05, 0) is 25.0 Å². The van der Waals surface area contributed by atoms with Crippen LogP contribution in [0.2, 0.25) is 5.02 Å². The average molecular weight is 279 g/mol. The smallest absolute Gasteiger partial charge is 0.234 e. The van der Waals surface area contributed by atoms with Crippen LogP contribution in [0.4, 0.5) is 0 Å². The number of nitrogens with one attached hydrogen (secondary N) is 1. The first-order chi connectivity index (χ1) is 9.10. The summed E-state index contributed by atoms with van der Waals surface area (Å²) in [5.41, 5.74) is 4.86. The van der Waals surface area contributed by atoms with Crippen molar-refractivity contribution in [1.82, 2.24) is 5.32 Å². The Balaban J connectivity index is 2.51. The van der Waals surface area contributed by atoms with Gasteiger partial charge >= 0.3 is 0 Å². The first kappa shape index (κ1) is 13.8. The van der Waals surface area contributed by atoms with Crippen molar-refractivity contribution in [2.75, 3.05) is 6.54 Å². The fourth-order valence-electron chi connectivity index (χ4n) is 2.31. The molecule has 1 aliphatic rings. The number of ketones is 1. The minimum Gasteiger partial charge on any atom is -0.338 e. The highest BCUT2D eigenvalue weighted by Gasteiger charge is 2.42. The largest absolute Gasteiger partial charge is 0.338 e. The molecule has 0 heterocycles. The van der Waals surface area contributed by atoms with E-state index in [1.807, 2.05) is 0 Å². The number of allylic oxidation sites excluding steroid dienone is 1. The molecule has 1 aromatic rings. The van der Waals surface area contributed by atoms with Gasteiger partial charge in [0.1, 0.15) is 5.54 Å². The Kier molecular flexibility index (Phi) is 4.02. The van der Waals surface area contributed by atoms with Crippen molar-refractivity contribution in [2.45, 2.75) is 18.4 Å². The summed E-state index contributed by atoms with van der Waals surface area (Å²) in [5, 5.41) is 3.20. The summed E-state index contributed by atoms with van der Waals surface area (Å²) >= 11 is 6.18. The van der Waals surface area contributed by atoms with Gasteiger partial charge < -0.3 is 11.1 Å². The van der Waals surface area contributed by atoms with E-state index in [4.69, 9.17) is 17.3 Å². The van der Waals surface area contributed by atoms with Crippen LogP contribution in [0.5, 0.6) is 0 Å². The molecule has 1 amide bonds. The van der Waals surface area contributed by atoms with Crippen LogP contribution in [0.1, 0.15) is 18.4 Å². The third-order valence-electron chi connectivity index (χ3n) is 3.25. The van der Waals surface area contributed by atoms with E-state index in [1.165, 1.54) is 6.08 Å². The normalized spacial score (nSPS) is 22.3. The second kappa shape index (κ2) is 5.55. The van der Waals surface area contributed by atoms with Gasteiger partial charge in [-0.2, -0.15) is 0 Å². The summed E-state index contributed by atoms with van der Waals surface area (Å²) in [6.07, 6.45) is 4.47. The first-order valence-corrected chi connectivity index (χ1v) is 6.45. The van der Waals surface area contributed by atoms with E-state index in [2.05, 4.69) is 5.32 Å². The van der Waals surface area contributed by atoms with Crippen molar-refractivity contribution in [3.8, 4) is 0 Å². The Bertz CT molecular complexity index is 542. The van der Waals surface area contributed by atoms with Crippen LogP contribution >= 0.6 is 11.6 Å². The zero-order valence-electron chi connectivity index (χ0n) is 10.4. The number of nitrogens with two attached hydrogens (primary N) is 1. The van der Waals surface area contributed by atoms with Crippen LogP contribution in [0.15, 0.2) is 36.4 Å². The lowest BCUT2D eigenvalue weighted by atomic mass is 9.78. The maximum absolute atomic E-state index is 12.3. The van der Waals surface area contributed by atoms with Crippen LogP contribution in [0, 0.1) is 0 Å². The molecule has 0 bridgehead atoms. The summed E-state index contributed by atoms with van der Waals surface area (Å²) in [4.78, 5) is 24.0. The number of rotatable bonds is 3. The summed E-state index contributed by atoms with van der Waals surface area (Å²) in [6, 6.07) is 7.05. The van der Waals surface area contributed by atoms with Crippen molar-refractivity contribution in [3.63, 3.8) is 0 Å². The molecule has 3 N–H and O–H groups in total. The fourth-order valence-corrected chi connectivity index (χ4v) is 2.61. The number of hydrogen-bond donors (Lipinski definition) is 2. The van der Waals surface area contributed by atoms with Crippen molar-refractivity contribution < 1.29 is 9.59 Å². The molecule has 0 radical (unpaired) electrons. The van der Waals surface area contributed by atoms with Crippen LogP contribution < -0.4 is 11.1 Å². The lowest BCUT2D eigenvalue weighted by Crippen LogP contribution is -2.53. The predicted molar refractivity (Wildman–Crippen MR) is 73.7 cm³/mol. The van der Waals surface area contributed by atoms with Gasteiger partial charge in [0.05, 0.1) is 6.54 Å². The number of halogens is 1. The minimum absolute atomic E-state index is 0.163. The minimum atomic E-state index is -1.09. The van der Waals surface area contributed by atoms with Gasteiger partial charge in [0.2, 0.25) is 5.91 Å². The number of carbonyl (C=O) groups is 2. The van der Waals surface area contributed by atoms with Gasteiger partial charge in [-0.1, -0.05) is 35.9 Å². The molecule has 1 aliphatic carbocycles. The Labute approximate surface area is 116 Å². The highest BCUT2D eigenvalue weighted by molar-refractivity contribution is 6.32. The van der Waals surface area contributed by atoms with Gasteiger partial charge in [0.15, 0.2) is 5.78 Å². The fraction of sp³-hybridized carbons (Fsp3) is 0.286. The molecular weight excluding hydrogens is 264 g/mol. The van der Waals surface area contributed by atoms with Crippen molar-refractivity contribution in [3.05, 3.63) is 47.0 Å². The molecular formula is C14H15ClN2O2. The van der Waals surface area contributed by atoms with E-state index >= 15 is 0 Å². The number of benzene rings is 1. The van der Waals surface area contributed by atoms with Gasteiger partial charge in [0.25, 0.3) is 0 Å². The summed E-state index contributed by atoms with van der Waals surface area (Å²) in [7, 11) is 0. The molecule has 0 spiro atoms. The second-order valence-electron chi connectivity index (χ2n) is 4.44. The lowest BCUT2D eigenvalue weighted by molar-refractivity contribution is -0.129. The first-order valence-electron chi connectivity index (χ1n) is 6.07. The van der Waals surface area contributed by atoms with E-state index in [0.717, 1.165) is 0 Å². The molecule has 19 heavy (non-hydrogen) atoms. The predicted octanol–water partition coefficient (Wildman–Crippen LogP) is 1.53. The molecule has 0 saturated carbocycles. The van der Waals surface area contributed by atoms with E-state index in [0.29, 0.717) is 23.4 Å². The Morgan fingerprint density at radius 3 is 2.79 bits per heavy atom. The molecule has 5 heteroatoms. The third-order valence-corrected chi connectivity index (χ3v) is 3.58. The van der Waals surface area contributed by atoms with Crippen LogP contribution in [0.25, 0.3) is 0 Å². The maximum atomic E-state index is 12.3. The summed E-state index contributed by atoms with van der Waals surface area (Å²) < 4.78 is 0. The molecule has 0 saturated heterocycles. The highest BCUT2D eigenvalue weighted by Crippen LogP contribution is 2.35. The average Bonchev–Trinajstić information content (AvgIpc) is 2.42. The summed E-state index contributed by atoms with van der Waals surface area (Å²) in [6.45, 7) is -0.163. The van der Waals surface area contributed by atoms with Crippen LogP contribution in [-0.2, 0) is 15.1 Å². The highest BCUT2D eigenvalue weighted by atomic mass is 35.5. The molecule has 0 fully saturated rings. The Morgan fingerprint density at radius 1 is 1.42 bits per heavy atom. The van der Waals surface area contributed by atoms with E-state index < -0.39 is 5.54 Å². The van der Waals surface area contributed by atoms with Crippen LogP contribution in [0.3, 0.4) is 0 Å². The second-order valence-corrected chi connectivity index (χ2v) is 4.85. The van der Waals surface area contributed by atoms with E-state index in [1.54, 1.807) is 30.3 Å². The molecule has 100 valence electrons. The van der Waals surface area contributed by atoms with Crippen molar-refractivity contribution >= 4 is 23.3 Å². The molecule has 1 aromatic carbocycles. The number of amides is 1. The van der Waals surface area contributed by atoms with E-state index in [9.17, 15) is 9.59 Å². The van der Waals surface area contributed by atoms with E-state index in [-0.39, 0.29) is 18.2 Å². The molecule has 0 aromatic heterocycles. The molecule has 0 aliphatic heterocycles. The molecule has 1 unspecified atom stereocenters. The van der Waals surface area contributed by atoms with Crippen molar-refractivity contribution in [2.24, 2.45) is 5.73 Å². The SMILES string of the molecule is NCC(=O)NC1(c2ccccc2Cl)CCC=CC1=O. The van der Waals surface area contributed by atoms with Gasteiger partial charge in [-0.25, -0.2) is 0 Å². The standard InChI is InChI=1S/C14H15ClN2O2/c15-11-6-2-1-5-10(11)14(17-13(19)9-16)8-4-3-7-12(14)18/h1-3,5-7H,4,8-9,16H2,(H,17,19). The monoisotopic (exact) mass is 278 g/mol. The number of hydrogen-bond acceptors (Lipinski definition) is 3. The molecule has 1 atom stereocenters. The molecule has 4 nitrogen and oxygen atoms in total. The van der Waals surface area contributed by atoms with Crippen molar-refractivity contribution in [1.29, 1.82) is 0 Å². The zero-order valence-corrected chi connectivity index (χ0v) is 11.1. The third kappa shape index (κ3) is 2.55. The Morgan fingerprint density at radius 2 is 2.16 bits per heavy atom. The zero-order chi connectivity index (χ0) is 13.9. The topological polar surface area (TPSA) is 72.2 Å². The van der Waals surface area contributed by atoms with Gasteiger partial charge in [-0.15, -0.1) is 0 Å². The number of carbonyl (C=O) groups excluding carboxylic acids is 2. The summed E-state index contributed by atoms with van der Waals surface area (Å²) in [5.74, 6) is -0.544. The van der Waals surface area contributed by atoms with Gasteiger partial charge in [0, 0.05) is 10.6 Å². The van der Waals surface area contributed by atoms with Gasteiger partial charge in [-0.3, -0.25) is 9.59 Å². The molecule has 2 rings (SSSR count). The maximum Gasteiger partial charge on any atom is 0.234 e. The van der Waals surface area contributed by atoms with Crippen LogP contribution in [-0.4, -0.2) is 18.2 Å².